The molecule has 1 saturated carbocycles. The summed E-state index contributed by atoms with van der Waals surface area (Å²) in [6, 6.07) is 0. The van der Waals surface area contributed by atoms with Crippen LogP contribution in [0, 0.1) is 0 Å². The second-order valence-corrected chi connectivity index (χ2v) is 3.44. The fourth-order valence-corrected chi connectivity index (χ4v) is 1.29. The zero-order valence-electron chi connectivity index (χ0n) is 7.63. The van der Waals surface area contributed by atoms with Crippen LogP contribution in [0.1, 0.15) is 44.9 Å². The molecule has 1 rings (SSSR count). The molecule has 0 unspecified atom stereocenters. The molecule has 12 heavy (non-hydrogen) atoms. The van der Waals surface area contributed by atoms with E-state index < -0.39 is 0 Å². The van der Waals surface area contributed by atoms with E-state index in [9.17, 15) is 4.79 Å². The summed E-state index contributed by atoms with van der Waals surface area (Å²) < 4.78 is 5.57. The van der Waals surface area contributed by atoms with Crippen molar-refractivity contribution >= 4 is 6.29 Å². The SMILES string of the molecule is O=CCCCCCOC1CCC1. The molecule has 0 aliphatic heterocycles. The summed E-state index contributed by atoms with van der Waals surface area (Å²) >= 11 is 0. The molecule has 1 aliphatic carbocycles. The van der Waals surface area contributed by atoms with Crippen molar-refractivity contribution in [3.8, 4) is 0 Å². The van der Waals surface area contributed by atoms with Crippen LogP contribution < -0.4 is 0 Å². The highest BCUT2D eigenvalue weighted by molar-refractivity contribution is 5.48. The van der Waals surface area contributed by atoms with Gasteiger partial charge in [0.05, 0.1) is 6.10 Å². The minimum atomic E-state index is 0.566. The van der Waals surface area contributed by atoms with E-state index in [4.69, 9.17) is 4.74 Å². The first-order chi connectivity index (χ1) is 5.93. The number of rotatable bonds is 7. The van der Waals surface area contributed by atoms with Crippen LogP contribution in [0.4, 0.5) is 0 Å². The second kappa shape index (κ2) is 6.18. The highest BCUT2D eigenvalue weighted by atomic mass is 16.5. The Labute approximate surface area is 74.3 Å². The lowest BCUT2D eigenvalue weighted by Crippen LogP contribution is -2.21. The van der Waals surface area contributed by atoms with E-state index in [-0.39, 0.29) is 0 Å². The van der Waals surface area contributed by atoms with Crippen molar-refractivity contribution < 1.29 is 9.53 Å². The monoisotopic (exact) mass is 170 g/mol. The minimum Gasteiger partial charge on any atom is -0.378 e. The molecule has 0 radical (unpaired) electrons. The van der Waals surface area contributed by atoms with Crippen molar-refractivity contribution in [1.29, 1.82) is 0 Å². The van der Waals surface area contributed by atoms with E-state index in [1.165, 1.54) is 19.3 Å². The molecule has 0 aromatic heterocycles. The molecule has 1 aliphatic rings. The highest BCUT2D eigenvalue weighted by Crippen LogP contribution is 2.21. The number of aldehydes is 1. The lowest BCUT2D eigenvalue weighted by molar-refractivity contribution is -0.107. The van der Waals surface area contributed by atoms with Crippen LogP contribution in [0.5, 0.6) is 0 Å². The van der Waals surface area contributed by atoms with Gasteiger partial charge >= 0.3 is 0 Å². The number of hydrogen-bond donors (Lipinski definition) is 0. The topological polar surface area (TPSA) is 26.3 Å². The van der Waals surface area contributed by atoms with Gasteiger partial charge in [-0.3, -0.25) is 0 Å². The van der Waals surface area contributed by atoms with Gasteiger partial charge in [0.15, 0.2) is 0 Å². The van der Waals surface area contributed by atoms with Crippen molar-refractivity contribution in [3.63, 3.8) is 0 Å². The molecule has 0 N–H and O–H groups in total. The molecule has 0 atom stereocenters. The predicted molar refractivity (Wildman–Crippen MR) is 48.1 cm³/mol. The lowest BCUT2D eigenvalue weighted by atomic mass is 9.96. The Balaban J connectivity index is 1.73. The first-order valence-electron chi connectivity index (χ1n) is 4.98. The maximum absolute atomic E-state index is 9.97. The van der Waals surface area contributed by atoms with Crippen LogP contribution in [-0.2, 0) is 9.53 Å². The average molecular weight is 170 g/mol. The maximum atomic E-state index is 9.97. The molecular weight excluding hydrogens is 152 g/mol. The van der Waals surface area contributed by atoms with Crippen molar-refractivity contribution in [3.05, 3.63) is 0 Å². The maximum Gasteiger partial charge on any atom is 0.119 e. The Kier molecular flexibility index (Phi) is 5.00. The van der Waals surface area contributed by atoms with Crippen molar-refractivity contribution in [2.24, 2.45) is 0 Å². The Morgan fingerprint density at radius 1 is 1.25 bits per heavy atom. The summed E-state index contributed by atoms with van der Waals surface area (Å²) in [6.07, 6.45) is 9.40. The van der Waals surface area contributed by atoms with Gasteiger partial charge in [-0.2, -0.15) is 0 Å². The zero-order chi connectivity index (χ0) is 8.65. The molecule has 0 amide bonds. The summed E-state index contributed by atoms with van der Waals surface area (Å²) in [4.78, 5) is 9.97. The number of carbonyl (C=O) groups excluding carboxylic acids is 1. The highest BCUT2D eigenvalue weighted by Gasteiger charge is 2.16. The molecule has 0 aromatic rings. The van der Waals surface area contributed by atoms with E-state index in [1.807, 2.05) is 0 Å². The number of ether oxygens (including phenoxy) is 1. The molecule has 70 valence electrons. The smallest absolute Gasteiger partial charge is 0.119 e. The number of hydrogen-bond acceptors (Lipinski definition) is 2. The normalized spacial score (nSPS) is 17.3. The van der Waals surface area contributed by atoms with Gasteiger partial charge in [-0.05, 0) is 32.1 Å². The van der Waals surface area contributed by atoms with Gasteiger partial charge in [0.1, 0.15) is 6.29 Å². The number of unbranched alkanes of at least 4 members (excludes halogenated alkanes) is 3. The zero-order valence-corrected chi connectivity index (χ0v) is 7.63. The predicted octanol–water partition coefficient (Wildman–Crippen LogP) is 2.31. The van der Waals surface area contributed by atoms with E-state index >= 15 is 0 Å². The Morgan fingerprint density at radius 3 is 2.67 bits per heavy atom. The summed E-state index contributed by atoms with van der Waals surface area (Å²) in [5.41, 5.74) is 0. The fraction of sp³-hybridized carbons (Fsp3) is 0.900. The first-order valence-corrected chi connectivity index (χ1v) is 4.98. The van der Waals surface area contributed by atoms with E-state index in [2.05, 4.69) is 0 Å². The largest absolute Gasteiger partial charge is 0.378 e. The van der Waals surface area contributed by atoms with Crippen molar-refractivity contribution in [1.82, 2.24) is 0 Å². The standard InChI is InChI=1S/C10H18O2/c11-8-3-1-2-4-9-12-10-6-5-7-10/h8,10H,1-7,9H2. The average Bonchev–Trinajstić information content (AvgIpc) is 2.00. The molecule has 0 saturated heterocycles. The Bertz CT molecular complexity index is 119. The van der Waals surface area contributed by atoms with Crippen molar-refractivity contribution in [2.75, 3.05) is 6.61 Å². The van der Waals surface area contributed by atoms with Gasteiger partial charge in [-0.25, -0.2) is 0 Å². The van der Waals surface area contributed by atoms with Gasteiger partial charge < -0.3 is 9.53 Å². The minimum absolute atomic E-state index is 0.566. The molecule has 0 aromatic carbocycles. The molecule has 2 heteroatoms. The van der Waals surface area contributed by atoms with Gasteiger partial charge in [0.25, 0.3) is 0 Å². The van der Waals surface area contributed by atoms with Crippen LogP contribution in [-0.4, -0.2) is 19.0 Å². The molecular formula is C10H18O2. The van der Waals surface area contributed by atoms with Gasteiger partial charge in [0, 0.05) is 13.0 Å². The second-order valence-electron chi connectivity index (χ2n) is 3.44. The van der Waals surface area contributed by atoms with Crippen LogP contribution in [0.15, 0.2) is 0 Å². The van der Waals surface area contributed by atoms with Crippen LogP contribution in [0.3, 0.4) is 0 Å². The molecule has 0 bridgehead atoms. The molecule has 1 fully saturated rings. The molecule has 2 nitrogen and oxygen atoms in total. The fourth-order valence-electron chi connectivity index (χ4n) is 1.29. The molecule has 0 heterocycles. The van der Waals surface area contributed by atoms with Gasteiger partial charge in [-0.1, -0.05) is 6.42 Å². The van der Waals surface area contributed by atoms with Gasteiger partial charge in [-0.15, -0.1) is 0 Å². The van der Waals surface area contributed by atoms with Crippen molar-refractivity contribution in [2.45, 2.75) is 51.0 Å². The quantitative estimate of drug-likeness (QED) is 0.433. The van der Waals surface area contributed by atoms with E-state index in [1.54, 1.807) is 0 Å². The Hall–Kier alpha value is -0.370. The number of carbonyl (C=O) groups is 1. The summed E-state index contributed by atoms with van der Waals surface area (Å²) in [5, 5.41) is 0. The van der Waals surface area contributed by atoms with Crippen LogP contribution in [0.25, 0.3) is 0 Å². The first kappa shape index (κ1) is 9.72. The van der Waals surface area contributed by atoms with E-state index in [0.717, 1.165) is 32.2 Å². The third-order valence-corrected chi connectivity index (χ3v) is 2.37. The third kappa shape index (κ3) is 3.86. The summed E-state index contributed by atoms with van der Waals surface area (Å²) in [7, 11) is 0. The summed E-state index contributed by atoms with van der Waals surface area (Å²) in [6.45, 7) is 0.892. The van der Waals surface area contributed by atoms with E-state index in [0.29, 0.717) is 12.5 Å². The van der Waals surface area contributed by atoms with Gasteiger partial charge in [0.2, 0.25) is 0 Å². The van der Waals surface area contributed by atoms with Crippen LogP contribution >= 0.6 is 0 Å². The van der Waals surface area contributed by atoms with Crippen LogP contribution in [0.2, 0.25) is 0 Å². The molecule has 0 spiro atoms. The Morgan fingerprint density at radius 2 is 2.08 bits per heavy atom. The lowest BCUT2D eigenvalue weighted by Gasteiger charge is -2.25. The summed E-state index contributed by atoms with van der Waals surface area (Å²) in [5.74, 6) is 0. The third-order valence-electron chi connectivity index (χ3n) is 2.37.